The fourth-order valence-corrected chi connectivity index (χ4v) is 2.82. The largest absolute Gasteiger partial charge is 0.490 e. The van der Waals surface area contributed by atoms with E-state index < -0.39 is 5.54 Å². The summed E-state index contributed by atoms with van der Waals surface area (Å²) in [5.74, 6) is 1.73. The molecule has 3 N–H and O–H groups in total. The number of hydrogen-bond acceptors (Lipinski definition) is 5. The Kier molecular flexibility index (Phi) is 4.77. The van der Waals surface area contributed by atoms with Crippen molar-refractivity contribution in [3.63, 3.8) is 0 Å². The summed E-state index contributed by atoms with van der Waals surface area (Å²) in [6.07, 6.45) is 0.886. The molecule has 2 rings (SSSR count). The van der Waals surface area contributed by atoms with Crippen LogP contribution in [-0.4, -0.2) is 37.5 Å². The van der Waals surface area contributed by atoms with E-state index >= 15 is 0 Å². The van der Waals surface area contributed by atoms with Gasteiger partial charge in [-0.2, -0.15) is 0 Å². The standard InChI is InChI=1S/C14H20N2O3S/c1-14(16-2,13(15)17)9-20-10-4-5-11-12(8-10)19-7-3-6-18-11/h4-5,8,16H,3,6-7,9H2,1-2H3,(H2,15,17). The molecule has 0 spiro atoms. The van der Waals surface area contributed by atoms with Crippen LogP contribution in [0.2, 0.25) is 0 Å². The van der Waals surface area contributed by atoms with Crippen molar-refractivity contribution < 1.29 is 14.3 Å². The van der Waals surface area contributed by atoms with Gasteiger partial charge in [-0.1, -0.05) is 0 Å². The van der Waals surface area contributed by atoms with Gasteiger partial charge in [0, 0.05) is 17.1 Å². The van der Waals surface area contributed by atoms with Crippen molar-refractivity contribution in [2.45, 2.75) is 23.8 Å². The molecule has 1 aliphatic heterocycles. The van der Waals surface area contributed by atoms with E-state index in [9.17, 15) is 4.79 Å². The number of carbonyl (C=O) groups is 1. The van der Waals surface area contributed by atoms with Gasteiger partial charge in [0.15, 0.2) is 11.5 Å². The van der Waals surface area contributed by atoms with E-state index in [1.807, 2.05) is 18.2 Å². The first-order valence-corrected chi connectivity index (χ1v) is 7.55. The third-order valence-electron chi connectivity index (χ3n) is 3.34. The summed E-state index contributed by atoms with van der Waals surface area (Å²) < 4.78 is 11.2. The summed E-state index contributed by atoms with van der Waals surface area (Å²) in [5, 5.41) is 2.97. The van der Waals surface area contributed by atoms with Crippen LogP contribution >= 0.6 is 11.8 Å². The Balaban J connectivity index is 2.07. The molecule has 0 aromatic heterocycles. The number of nitrogens with one attached hydrogen (secondary N) is 1. The molecule has 0 radical (unpaired) electrons. The highest BCUT2D eigenvalue weighted by Crippen LogP contribution is 2.34. The highest BCUT2D eigenvalue weighted by Gasteiger charge is 2.29. The molecular weight excluding hydrogens is 276 g/mol. The van der Waals surface area contributed by atoms with Crippen LogP contribution in [0.25, 0.3) is 0 Å². The second kappa shape index (κ2) is 6.37. The molecule has 0 saturated carbocycles. The predicted molar refractivity (Wildman–Crippen MR) is 79.4 cm³/mol. The Bertz CT molecular complexity index is 495. The van der Waals surface area contributed by atoms with E-state index in [4.69, 9.17) is 15.2 Å². The highest BCUT2D eigenvalue weighted by atomic mass is 32.2. The second-order valence-corrected chi connectivity index (χ2v) is 5.94. The van der Waals surface area contributed by atoms with Gasteiger partial charge in [0.05, 0.1) is 13.2 Å². The van der Waals surface area contributed by atoms with Crippen molar-refractivity contribution >= 4 is 17.7 Å². The van der Waals surface area contributed by atoms with E-state index in [1.54, 1.807) is 25.7 Å². The van der Waals surface area contributed by atoms with Crippen LogP contribution in [0.15, 0.2) is 23.1 Å². The average Bonchev–Trinajstić information content (AvgIpc) is 2.69. The average molecular weight is 296 g/mol. The van der Waals surface area contributed by atoms with Crippen LogP contribution in [0.1, 0.15) is 13.3 Å². The zero-order valence-corrected chi connectivity index (χ0v) is 12.6. The Morgan fingerprint density at radius 2 is 2.10 bits per heavy atom. The number of amides is 1. The fourth-order valence-electron chi connectivity index (χ4n) is 1.73. The number of nitrogens with two attached hydrogens (primary N) is 1. The number of rotatable bonds is 5. The van der Waals surface area contributed by atoms with Gasteiger partial charge in [-0.3, -0.25) is 4.79 Å². The molecular formula is C14H20N2O3S. The SMILES string of the molecule is CNC(C)(CSc1ccc2c(c1)OCCCO2)C(N)=O. The van der Waals surface area contributed by atoms with Crippen molar-refractivity contribution in [2.24, 2.45) is 5.73 Å². The highest BCUT2D eigenvalue weighted by molar-refractivity contribution is 7.99. The molecule has 1 aliphatic rings. The number of ether oxygens (including phenoxy) is 2. The van der Waals surface area contributed by atoms with Gasteiger partial charge in [-0.15, -0.1) is 11.8 Å². The molecule has 6 heteroatoms. The van der Waals surface area contributed by atoms with Crippen molar-refractivity contribution in [3.8, 4) is 11.5 Å². The minimum absolute atomic E-state index is 0.359. The molecule has 1 amide bonds. The molecule has 1 unspecified atom stereocenters. The van der Waals surface area contributed by atoms with Crippen molar-refractivity contribution in [2.75, 3.05) is 26.0 Å². The van der Waals surface area contributed by atoms with Gasteiger partial charge >= 0.3 is 0 Å². The topological polar surface area (TPSA) is 73.6 Å². The predicted octanol–water partition coefficient (Wildman–Crippen LogP) is 1.40. The maximum absolute atomic E-state index is 11.5. The summed E-state index contributed by atoms with van der Waals surface area (Å²) in [4.78, 5) is 12.5. The summed E-state index contributed by atoms with van der Waals surface area (Å²) in [7, 11) is 1.74. The Morgan fingerprint density at radius 3 is 2.75 bits per heavy atom. The van der Waals surface area contributed by atoms with Gasteiger partial charge in [-0.25, -0.2) is 0 Å². The minimum Gasteiger partial charge on any atom is -0.490 e. The lowest BCUT2D eigenvalue weighted by molar-refractivity contribution is -0.122. The lowest BCUT2D eigenvalue weighted by Crippen LogP contribution is -2.53. The van der Waals surface area contributed by atoms with Gasteiger partial charge in [0.25, 0.3) is 0 Å². The number of benzene rings is 1. The first kappa shape index (κ1) is 15.0. The maximum atomic E-state index is 11.5. The maximum Gasteiger partial charge on any atom is 0.238 e. The summed E-state index contributed by atoms with van der Waals surface area (Å²) in [6, 6.07) is 5.82. The smallest absolute Gasteiger partial charge is 0.238 e. The van der Waals surface area contributed by atoms with Crippen molar-refractivity contribution in [1.82, 2.24) is 5.32 Å². The lowest BCUT2D eigenvalue weighted by Gasteiger charge is -2.24. The molecule has 1 heterocycles. The van der Waals surface area contributed by atoms with Gasteiger partial charge in [0.2, 0.25) is 5.91 Å². The Morgan fingerprint density at radius 1 is 1.40 bits per heavy atom. The molecule has 0 bridgehead atoms. The number of thioether (sulfide) groups is 1. The summed E-state index contributed by atoms with van der Waals surface area (Å²) >= 11 is 1.56. The van der Waals surface area contributed by atoms with Crippen LogP contribution < -0.4 is 20.5 Å². The van der Waals surface area contributed by atoms with Crippen LogP contribution in [0.5, 0.6) is 11.5 Å². The normalized spacial score (nSPS) is 17.1. The Labute approximate surface area is 123 Å². The van der Waals surface area contributed by atoms with E-state index in [0.29, 0.717) is 19.0 Å². The van der Waals surface area contributed by atoms with Crippen LogP contribution in [0.4, 0.5) is 0 Å². The number of hydrogen-bond donors (Lipinski definition) is 2. The zero-order valence-electron chi connectivity index (χ0n) is 11.8. The first-order chi connectivity index (χ1) is 9.55. The van der Waals surface area contributed by atoms with Gasteiger partial charge in [-0.05, 0) is 32.2 Å². The second-order valence-electron chi connectivity index (χ2n) is 4.89. The molecule has 1 atom stereocenters. The summed E-state index contributed by atoms with van der Waals surface area (Å²) in [6.45, 7) is 3.14. The molecule has 0 saturated heterocycles. The lowest BCUT2D eigenvalue weighted by atomic mass is 10.1. The number of fused-ring (bicyclic) bond motifs is 1. The van der Waals surface area contributed by atoms with Gasteiger partial charge < -0.3 is 20.5 Å². The summed E-state index contributed by atoms with van der Waals surface area (Å²) in [5.41, 5.74) is 4.69. The molecule has 1 aromatic carbocycles. The molecule has 110 valence electrons. The van der Waals surface area contributed by atoms with Crippen LogP contribution in [0, 0.1) is 0 Å². The number of carbonyl (C=O) groups excluding carboxylic acids is 1. The first-order valence-electron chi connectivity index (χ1n) is 6.56. The van der Waals surface area contributed by atoms with E-state index in [0.717, 1.165) is 22.8 Å². The fraction of sp³-hybridized carbons (Fsp3) is 0.500. The number of primary amides is 1. The molecule has 0 aliphatic carbocycles. The van der Waals surface area contributed by atoms with Crippen molar-refractivity contribution in [3.05, 3.63) is 18.2 Å². The third-order valence-corrected chi connectivity index (χ3v) is 4.65. The molecule has 20 heavy (non-hydrogen) atoms. The van der Waals surface area contributed by atoms with Crippen molar-refractivity contribution in [1.29, 1.82) is 0 Å². The monoisotopic (exact) mass is 296 g/mol. The van der Waals surface area contributed by atoms with E-state index in [2.05, 4.69) is 5.32 Å². The van der Waals surface area contributed by atoms with E-state index in [-0.39, 0.29) is 5.91 Å². The minimum atomic E-state index is -0.727. The molecule has 1 aromatic rings. The third kappa shape index (κ3) is 3.37. The van der Waals surface area contributed by atoms with Gasteiger partial charge in [0.1, 0.15) is 5.54 Å². The Hall–Kier alpha value is -1.40. The molecule has 0 fully saturated rings. The number of likely N-dealkylation sites (N-methyl/N-ethyl adjacent to an activating group) is 1. The molecule has 5 nitrogen and oxygen atoms in total. The van der Waals surface area contributed by atoms with Crippen LogP contribution in [0.3, 0.4) is 0 Å². The zero-order chi connectivity index (χ0) is 14.6. The van der Waals surface area contributed by atoms with E-state index in [1.165, 1.54) is 0 Å². The van der Waals surface area contributed by atoms with Crippen LogP contribution in [-0.2, 0) is 4.79 Å². The quantitative estimate of drug-likeness (QED) is 0.804.